The summed E-state index contributed by atoms with van der Waals surface area (Å²) in [5.41, 5.74) is 3.91. The third-order valence-corrected chi connectivity index (χ3v) is 4.95. The Morgan fingerprint density at radius 1 is 1.19 bits per heavy atom. The van der Waals surface area contributed by atoms with Gasteiger partial charge < -0.3 is 14.6 Å². The highest BCUT2D eigenvalue weighted by atomic mass is 32.1. The summed E-state index contributed by atoms with van der Waals surface area (Å²) in [7, 11) is 3.55. The number of carbonyl (C=O) groups is 1. The average molecular weight is 364 g/mol. The molecule has 4 rings (SSSR count). The molecule has 6 nitrogen and oxygen atoms in total. The smallest absolute Gasteiger partial charge is 0.275 e. The first-order valence-electron chi connectivity index (χ1n) is 7.96. The number of hydrogen-bond acceptors (Lipinski definition) is 5. The van der Waals surface area contributed by atoms with Crippen LogP contribution < -0.4 is 10.1 Å². The number of rotatable bonds is 4. The lowest BCUT2D eigenvalue weighted by atomic mass is 10.2. The van der Waals surface area contributed by atoms with Crippen molar-refractivity contribution in [1.82, 2.24) is 14.5 Å². The van der Waals surface area contributed by atoms with Crippen LogP contribution in [0, 0.1) is 0 Å². The highest BCUT2D eigenvalue weighted by molar-refractivity contribution is 7.13. The summed E-state index contributed by atoms with van der Waals surface area (Å²) in [6.45, 7) is 0. The molecule has 0 radical (unpaired) electrons. The first-order valence-corrected chi connectivity index (χ1v) is 8.84. The molecule has 2 aromatic carbocycles. The number of methoxy groups -OCH3 is 1. The van der Waals surface area contributed by atoms with E-state index in [0.29, 0.717) is 11.4 Å². The zero-order valence-electron chi connectivity index (χ0n) is 14.3. The van der Waals surface area contributed by atoms with Gasteiger partial charge in [-0.1, -0.05) is 0 Å². The van der Waals surface area contributed by atoms with E-state index in [1.54, 1.807) is 18.8 Å². The van der Waals surface area contributed by atoms with Crippen molar-refractivity contribution in [3.05, 3.63) is 59.9 Å². The van der Waals surface area contributed by atoms with Crippen LogP contribution in [0.1, 0.15) is 10.5 Å². The molecule has 1 N–H and O–H groups in total. The molecule has 7 heteroatoms. The second-order valence-corrected chi connectivity index (χ2v) is 6.64. The molecule has 2 aromatic heterocycles. The van der Waals surface area contributed by atoms with Crippen LogP contribution >= 0.6 is 11.3 Å². The zero-order chi connectivity index (χ0) is 18.1. The lowest BCUT2D eigenvalue weighted by Crippen LogP contribution is -2.12. The number of hydrogen-bond donors (Lipinski definition) is 1. The van der Waals surface area contributed by atoms with Crippen molar-refractivity contribution < 1.29 is 9.53 Å². The number of imidazole rings is 1. The fourth-order valence-electron chi connectivity index (χ4n) is 2.64. The molecule has 0 aliphatic rings. The van der Waals surface area contributed by atoms with Crippen LogP contribution in [0.2, 0.25) is 0 Å². The van der Waals surface area contributed by atoms with E-state index in [-0.39, 0.29) is 5.91 Å². The van der Waals surface area contributed by atoms with Crippen molar-refractivity contribution in [2.24, 2.45) is 7.05 Å². The number of ether oxygens (including phenoxy) is 1. The number of thiazole rings is 1. The topological polar surface area (TPSA) is 69.0 Å². The number of nitrogens with one attached hydrogen (secondary N) is 1. The van der Waals surface area contributed by atoms with Crippen LogP contribution in [0.25, 0.3) is 21.6 Å². The van der Waals surface area contributed by atoms with Gasteiger partial charge in [0.1, 0.15) is 16.5 Å². The third kappa shape index (κ3) is 3.04. The summed E-state index contributed by atoms with van der Waals surface area (Å²) >= 11 is 1.43. The van der Waals surface area contributed by atoms with Crippen LogP contribution in [-0.2, 0) is 7.05 Å². The Morgan fingerprint density at radius 2 is 2.00 bits per heavy atom. The van der Waals surface area contributed by atoms with Gasteiger partial charge in [-0.3, -0.25) is 4.79 Å². The summed E-state index contributed by atoms with van der Waals surface area (Å²) in [6, 6.07) is 13.2. The van der Waals surface area contributed by atoms with Crippen LogP contribution in [0.4, 0.5) is 5.69 Å². The molecular formula is C19H16N4O2S. The van der Waals surface area contributed by atoms with Crippen molar-refractivity contribution in [2.45, 2.75) is 0 Å². The van der Waals surface area contributed by atoms with E-state index in [2.05, 4.69) is 15.3 Å². The molecule has 0 bridgehead atoms. The number of amides is 1. The second-order valence-electron chi connectivity index (χ2n) is 5.78. The molecule has 0 unspecified atom stereocenters. The fraction of sp³-hybridized carbons (Fsp3) is 0.105. The zero-order valence-corrected chi connectivity index (χ0v) is 15.1. The van der Waals surface area contributed by atoms with Gasteiger partial charge >= 0.3 is 0 Å². The van der Waals surface area contributed by atoms with E-state index in [1.807, 2.05) is 54.1 Å². The molecule has 2 heterocycles. The lowest BCUT2D eigenvalue weighted by molar-refractivity contribution is 0.102. The van der Waals surface area contributed by atoms with Gasteiger partial charge in [-0.15, -0.1) is 11.3 Å². The highest BCUT2D eigenvalue weighted by Crippen LogP contribution is 2.26. The standard InChI is InChI=1S/C19H16N4O2S/c1-23-11-20-15-8-5-13(9-17(15)23)21-18(24)16-10-26-19(22-16)12-3-6-14(25-2)7-4-12/h3-11H,1-2H3,(H,21,24). The lowest BCUT2D eigenvalue weighted by Gasteiger charge is -2.04. The molecule has 130 valence electrons. The maximum atomic E-state index is 12.5. The minimum Gasteiger partial charge on any atom is -0.497 e. The summed E-state index contributed by atoms with van der Waals surface area (Å²) in [5, 5.41) is 5.45. The van der Waals surface area contributed by atoms with E-state index >= 15 is 0 Å². The molecule has 0 aliphatic carbocycles. The quantitative estimate of drug-likeness (QED) is 0.595. The third-order valence-electron chi connectivity index (χ3n) is 4.06. The van der Waals surface area contributed by atoms with E-state index in [1.165, 1.54) is 11.3 Å². The van der Waals surface area contributed by atoms with Crippen LogP contribution in [0.15, 0.2) is 54.2 Å². The molecule has 0 saturated heterocycles. The maximum Gasteiger partial charge on any atom is 0.275 e. The number of benzene rings is 2. The van der Waals surface area contributed by atoms with E-state index < -0.39 is 0 Å². The molecule has 0 aliphatic heterocycles. The summed E-state index contributed by atoms with van der Waals surface area (Å²) in [6.07, 6.45) is 1.75. The maximum absolute atomic E-state index is 12.5. The number of aromatic nitrogens is 3. The van der Waals surface area contributed by atoms with Crippen molar-refractivity contribution in [1.29, 1.82) is 0 Å². The molecule has 26 heavy (non-hydrogen) atoms. The Morgan fingerprint density at radius 3 is 2.77 bits per heavy atom. The Labute approximate surface area is 154 Å². The van der Waals surface area contributed by atoms with Crippen LogP contribution in [-0.4, -0.2) is 27.6 Å². The SMILES string of the molecule is COc1ccc(-c2nc(C(=O)Nc3ccc4ncn(C)c4c3)cs2)cc1. The van der Waals surface area contributed by atoms with Gasteiger partial charge in [0, 0.05) is 23.7 Å². The van der Waals surface area contributed by atoms with E-state index in [4.69, 9.17) is 4.74 Å². The molecule has 1 amide bonds. The Kier molecular flexibility index (Phi) is 4.14. The predicted octanol–water partition coefficient (Wildman–Crippen LogP) is 3.96. The fourth-order valence-corrected chi connectivity index (χ4v) is 3.45. The monoisotopic (exact) mass is 364 g/mol. The summed E-state index contributed by atoms with van der Waals surface area (Å²) in [5.74, 6) is 0.552. The molecule has 0 fully saturated rings. The largest absolute Gasteiger partial charge is 0.497 e. The summed E-state index contributed by atoms with van der Waals surface area (Å²) in [4.78, 5) is 21.2. The van der Waals surface area contributed by atoms with Gasteiger partial charge in [0.2, 0.25) is 0 Å². The Balaban J connectivity index is 1.54. The summed E-state index contributed by atoms with van der Waals surface area (Å²) < 4.78 is 7.07. The first kappa shape index (κ1) is 16.3. The number of fused-ring (bicyclic) bond motifs is 1. The molecular weight excluding hydrogens is 348 g/mol. The second kappa shape index (κ2) is 6.61. The van der Waals surface area contributed by atoms with Crippen molar-refractivity contribution in [2.75, 3.05) is 12.4 Å². The van der Waals surface area contributed by atoms with Crippen molar-refractivity contribution in [3.63, 3.8) is 0 Å². The van der Waals surface area contributed by atoms with Gasteiger partial charge in [0.05, 0.1) is 24.5 Å². The average Bonchev–Trinajstić information content (AvgIpc) is 3.30. The number of carbonyl (C=O) groups excluding carboxylic acids is 1. The minimum atomic E-state index is -0.234. The van der Waals surface area contributed by atoms with Crippen molar-refractivity contribution in [3.8, 4) is 16.3 Å². The first-order chi connectivity index (χ1) is 12.6. The molecule has 0 saturated carbocycles. The van der Waals surface area contributed by atoms with Gasteiger partial charge in [0.25, 0.3) is 5.91 Å². The Bertz CT molecular complexity index is 1080. The van der Waals surface area contributed by atoms with Gasteiger partial charge in [-0.05, 0) is 42.5 Å². The number of aryl methyl sites for hydroxylation is 1. The van der Waals surface area contributed by atoms with Crippen LogP contribution in [0.3, 0.4) is 0 Å². The van der Waals surface area contributed by atoms with Gasteiger partial charge in [-0.25, -0.2) is 9.97 Å². The highest BCUT2D eigenvalue weighted by Gasteiger charge is 2.13. The molecule has 4 aromatic rings. The van der Waals surface area contributed by atoms with Crippen molar-refractivity contribution >= 4 is 34.0 Å². The Hall–Kier alpha value is -3.19. The van der Waals surface area contributed by atoms with E-state index in [0.717, 1.165) is 27.4 Å². The number of nitrogens with zero attached hydrogens (tertiary/aromatic N) is 3. The van der Waals surface area contributed by atoms with Gasteiger partial charge in [-0.2, -0.15) is 0 Å². The van der Waals surface area contributed by atoms with Gasteiger partial charge in [0.15, 0.2) is 0 Å². The molecule has 0 spiro atoms. The number of anilines is 1. The predicted molar refractivity (Wildman–Crippen MR) is 103 cm³/mol. The minimum absolute atomic E-state index is 0.234. The normalized spacial score (nSPS) is 10.8. The molecule has 0 atom stereocenters. The van der Waals surface area contributed by atoms with E-state index in [9.17, 15) is 4.79 Å². The van der Waals surface area contributed by atoms with Crippen LogP contribution in [0.5, 0.6) is 5.75 Å².